The predicted octanol–water partition coefficient (Wildman–Crippen LogP) is -0.395. The van der Waals surface area contributed by atoms with Crippen molar-refractivity contribution in [3.05, 3.63) is 40.9 Å². The zero-order chi connectivity index (χ0) is 16.4. The van der Waals surface area contributed by atoms with E-state index in [1.807, 2.05) is 0 Å². The lowest BCUT2D eigenvalue weighted by Crippen LogP contribution is -2.27. The van der Waals surface area contributed by atoms with Crippen LogP contribution in [0.4, 0.5) is 17.5 Å². The first-order valence-electron chi connectivity index (χ1n) is 7.10. The van der Waals surface area contributed by atoms with Crippen molar-refractivity contribution >= 4 is 17.5 Å². The molecular weight excluding hydrogens is 302 g/mol. The van der Waals surface area contributed by atoms with Gasteiger partial charge in [-0.1, -0.05) is 6.07 Å². The van der Waals surface area contributed by atoms with E-state index < -0.39 is 24.1 Å². The van der Waals surface area contributed by atoms with E-state index in [0.717, 1.165) is 0 Å². The average molecular weight is 319 g/mol. The summed E-state index contributed by atoms with van der Waals surface area (Å²) in [5.41, 5.74) is 5.06. The van der Waals surface area contributed by atoms with Crippen LogP contribution < -0.4 is 16.7 Å². The highest BCUT2D eigenvalue weighted by Crippen LogP contribution is 2.27. The molecule has 0 amide bonds. The van der Waals surface area contributed by atoms with E-state index in [0.29, 0.717) is 17.5 Å². The molecule has 0 bridgehead atoms. The number of nitrogens with one attached hydrogen (secondary N) is 1. The Balaban J connectivity index is 1.78. The molecule has 0 aromatic carbocycles. The number of hydrogen-bond donors (Lipinski definition) is 4. The summed E-state index contributed by atoms with van der Waals surface area (Å²) in [7, 11) is 0. The Morgan fingerprint density at radius 1 is 1.35 bits per heavy atom. The SMILES string of the molecule is Nc1cccc(Nc2ccn([C@H]3C[C@H](O)[C@@H](CO)O3)c(=O)n2)n1. The van der Waals surface area contributed by atoms with Gasteiger partial charge in [-0.15, -0.1) is 0 Å². The molecule has 3 heterocycles. The van der Waals surface area contributed by atoms with Gasteiger partial charge >= 0.3 is 5.69 Å². The Hall–Kier alpha value is -2.49. The first-order chi connectivity index (χ1) is 11.1. The van der Waals surface area contributed by atoms with Crippen LogP contribution in [-0.2, 0) is 4.74 Å². The van der Waals surface area contributed by atoms with Gasteiger partial charge in [-0.05, 0) is 18.2 Å². The molecule has 0 radical (unpaired) electrons. The molecule has 0 aliphatic carbocycles. The van der Waals surface area contributed by atoms with E-state index in [1.165, 1.54) is 10.8 Å². The maximum absolute atomic E-state index is 12.1. The van der Waals surface area contributed by atoms with E-state index in [4.69, 9.17) is 15.6 Å². The summed E-state index contributed by atoms with van der Waals surface area (Å²) in [5, 5.41) is 21.7. The van der Waals surface area contributed by atoms with Crippen molar-refractivity contribution in [1.82, 2.24) is 14.5 Å². The van der Waals surface area contributed by atoms with Crippen LogP contribution in [0.25, 0.3) is 0 Å². The highest BCUT2D eigenvalue weighted by Gasteiger charge is 2.34. The molecule has 1 saturated heterocycles. The maximum Gasteiger partial charge on any atom is 0.351 e. The summed E-state index contributed by atoms with van der Waals surface area (Å²) in [6.45, 7) is -0.305. The number of aromatic nitrogens is 3. The lowest BCUT2D eigenvalue weighted by Gasteiger charge is -2.14. The number of hydrogen-bond acceptors (Lipinski definition) is 8. The standard InChI is InChI=1S/C14H17N5O4/c15-10-2-1-3-11(16-10)17-12-4-5-19(14(22)18-12)13-6-8(21)9(7-20)23-13/h1-5,8-9,13,20-21H,6-7H2,(H3,15,16,17,18,22)/t8-,9+,13+/m0/s1. The molecule has 1 fully saturated rings. The van der Waals surface area contributed by atoms with Gasteiger partial charge in [-0.3, -0.25) is 4.57 Å². The summed E-state index contributed by atoms with van der Waals surface area (Å²) in [6.07, 6.45) is -0.425. The summed E-state index contributed by atoms with van der Waals surface area (Å²) >= 11 is 0. The zero-order valence-electron chi connectivity index (χ0n) is 12.2. The highest BCUT2D eigenvalue weighted by atomic mass is 16.5. The van der Waals surface area contributed by atoms with Crippen LogP contribution >= 0.6 is 0 Å². The quantitative estimate of drug-likeness (QED) is 0.598. The smallest absolute Gasteiger partial charge is 0.351 e. The molecule has 9 heteroatoms. The van der Waals surface area contributed by atoms with E-state index >= 15 is 0 Å². The van der Waals surface area contributed by atoms with E-state index in [2.05, 4.69) is 15.3 Å². The summed E-state index contributed by atoms with van der Waals surface area (Å²) in [4.78, 5) is 20.1. The van der Waals surface area contributed by atoms with Crippen molar-refractivity contribution in [3.63, 3.8) is 0 Å². The van der Waals surface area contributed by atoms with Gasteiger partial charge in [0.05, 0.1) is 12.7 Å². The third-order valence-electron chi connectivity index (χ3n) is 3.55. The van der Waals surface area contributed by atoms with Gasteiger partial charge in [0.2, 0.25) is 0 Å². The molecule has 9 nitrogen and oxygen atoms in total. The normalized spacial score (nSPS) is 23.8. The Labute approximate surface area is 131 Å². The van der Waals surface area contributed by atoms with Gasteiger partial charge < -0.3 is 26.0 Å². The number of anilines is 3. The molecular formula is C14H17N5O4. The lowest BCUT2D eigenvalue weighted by atomic mass is 10.2. The minimum Gasteiger partial charge on any atom is -0.394 e. The lowest BCUT2D eigenvalue weighted by molar-refractivity contribution is -0.0458. The van der Waals surface area contributed by atoms with Crippen LogP contribution in [0.1, 0.15) is 12.6 Å². The number of nitrogen functional groups attached to an aromatic ring is 1. The molecule has 0 unspecified atom stereocenters. The Kier molecular flexibility index (Phi) is 4.24. The number of ether oxygens (including phenoxy) is 1. The van der Waals surface area contributed by atoms with Gasteiger partial charge in [-0.2, -0.15) is 4.98 Å². The largest absolute Gasteiger partial charge is 0.394 e. The first-order valence-corrected chi connectivity index (χ1v) is 7.10. The second-order valence-electron chi connectivity index (χ2n) is 5.19. The molecule has 2 aromatic heterocycles. The first kappa shape index (κ1) is 15.4. The topological polar surface area (TPSA) is 136 Å². The number of pyridine rings is 1. The van der Waals surface area contributed by atoms with Crippen molar-refractivity contribution in [2.75, 3.05) is 17.7 Å². The third kappa shape index (κ3) is 3.31. The average Bonchev–Trinajstić information content (AvgIpc) is 2.88. The molecule has 0 spiro atoms. The van der Waals surface area contributed by atoms with Gasteiger partial charge in [0.1, 0.15) is 29.8 Å². The van der Waals surface area contributed by atoms with E-state index in [9.17, 15) is 9.90 Å². The Bertz CT molecular complexity index is 750. The van der Waals surface area contributed by atoms with Crippen LogP contribution in [-0.4, -0.2) is 43.6 Å². The summed E-state index contributed by atoms with van der Waals surface area (Å²) in [6, 6.07) is 6.67. The molecule has 23 heavy (non-hydrogen) atoms. The van der Waals surface area contributed by atoms with Crippen molar-refractivity contribution in [2.45, 2.75) is 24.9 Å². The minimum atomic E-state index is -0.814. The van der Waals surface area contributed by atoms with Gasteiger partial charge in [0.15, 0.2) is 0 Å². The zero-order valence-corrected chi connectivity index (χ0v) is 12.2. The van der Waals surface area contributed by atoms with Crippen molar-refractivity contribution in [3.8, 4) is 0 Å². The van der Waals surface area contributed by atoms with Crippen molar-refractivity contribution in [2.24, 2.45) is 0 Å². The summed E-state index contributed by atoms with van der Waals surface area (Å²) in [5.74, 6) is 1.15. The minimum absolute atomic E-state index is 0.219. The number of rotatable bonds is 4. The molecule has 5 N–H and O–H groups in total. The summed E-state index contributed by atoms with van der Waals surface area (Å²) < 4.78 is 6.71. The third-order valence-corrected chi connectivity index (χ3v) is 3.55. The number of nitrogens with two attached hydrogens (primary N) is 1. The highest BCUT2D eigenvalue weighted by molar-refractivity contribution is 5.53. The van der Waals surface area contributed by atoms with Gasteiger partial charge in [-0.25, -0.2) is 9.78 Å². The second-order valence-corrected chi connectivity index (χ2v) is 5.19. The fraction of sp³-hybridized carbons (Fsp3) is 0.357. The molecule has 3 atom stereocenters. The van der Waals surface area contributed by atoms with Crippen LogP contribution in [0.15, 0.2) is 35.3 Å². The maximum atomic E-state index is 12.1. The van der Waals surface area contributed by atoms with Gasteiger partial charge in [0.25, 0.3) is 0 Å². The fourth-order valence-electron chi connectivity index (χ4n) is 2.40. The van der Waals surface area contributed by atoms with E-state index in [1.54, 1.807) is 24.3 Å². The molecule has 122 valence electrons. The monoisotopic (exact) mass is 319 g/mol. The molecule has 1 aliphatic heterocycles. The Morgan fingerprint density at radius 3 is 2.78 bits per heavy atom. The Morgan fingerprint density at radius 2 is 2.13 bits per heavy atom. The van der Waals surface area contributed by atoms with Crippen LogP contribution in [0.5, 0.6) is 0 Å². The van der Waals surface area contributed by atoms with Crippen LogP contribution in [0.2, 0.25) is 0 Å². The molecule has 0 saturated carbocycles. The van der Waals surface area contributed by atoms with Crippen LogP contribution in [0, 0.1) is 0 Å². The van der Waals surface area contributed by atoms with Gasteiger partial charge in [0, 0.05) is 12.6 Å². The van der Waals surface area contributed by atoms with Crippen LogP contribution in [0.3, 0.4) is 0 Å². The fourth-order valence-corrected chi connectivity index (χ4v) is 2.40. The van der Waals surface area contributed by atoms with Crippen molar-refractivity contribution < 1.29 is 14.9 Å². The predicted molar refractivity (Wildman–Crippen MR) is 82.0 cm³/mol. The number of nitrogens with zero attached hydrogens (tertiary/aromatic N) is 3. The molecule has 1 aliphatic rings. The number of aliphatic hydroxyl groups is 2. The van der Waals surface area contributed by atoms with E-state index in [-0.39, 0.29) is 13.0 Å². The molecule has 3 rings (SSSR count). The second kappa shape index (κ2) is 6.32. The van der Waals surface area contributed by atoms with Crippen molar-refractivity contribution in [1.29, 1.82) is 0 Å². The number of aliphatic hydroxyl groups excluding tert-OH is 2. The molecule has 2 aromatic rings.